The van der Waals surface area contributed by atoms with Crippen molar-refractivity contribution in [1.82, 2.24) is 5.32 Å². The Morgan fingerprint density at radius 1 is 1.56 bits per heavy atom. The third kappa shape index (κ3) is 0.721. The number of carbonyl (C=O) groups excluding carboxylic acids is 1. The van der Waals surface area contributed by atoms with Crippen molar-refractivity contribution in [3.63, 3.8) is 0 Å². The van der Waals surface area contributed by atoms with Crippen LogP contribution in [0.5, 0.6) is 0 Å². The molecule has 2 rings (SSSR count). The monoisotopic (exact) mass is 127 g/mol. The quantitative estimate of drug-likeness (QED) is 0.447. The summed E-state index contributed by atoms with van der Waals surface area (Å²) in [5.41, 5.74) is 0. The minimum absolute atomic E-state index is 0.0218. The highest BCUT2D eigenvalue weighted by Gasteiger charge is 2.37. The average molecular weight is 127 g/mol. The van der Waals surface area contributed by atoms with Crippen molar-refractivity contribution >= 4 is 5.97 Å². The summed E-state index contributed by atoms with van der Waals surface area (Å²) in [7, 11) is 0. The van der Waals surface area contributed by atoms with Crippen molar-refractivity contribution in [1.29, 1.82) is 0 Å². The van der Waals surface area contributed by atoms with Crippen LogP contribution in [0.3, 0.4) is 0 Å². The van der Waals surface area contributed by atoms with E-state index in [2.05, 4.69) is 5.32 Å². The summed E-state index contributed by atoms with van der Waals surface area (Å²) in [6.45, 7) is 1.81. The molecule has 0 radical (unpaired) electrons. The Bertz CT molecular complexity index is 132. The molecular formula is C6H9NO2. The summed E-state index contributed by atoms with van der Waals surface area (Å²) in [5, 5.41) is 3.17. The molecule has 0 saturated carbocycles. The van der Waals surface area contributed by atoms with E-state index in [4.69, 9.17) is 4.74 Å². The molecule has 2 fully saturated rings. The van der Waals surface area contributed by atoms with Gasteiger partial charge in [-0.15, -0.1) is 0 Å². The number of hydrogen-bond acceptors (Lipinski definition) is 3. The first-order valence-corrected chi connectivity index (χ1v) is 3.26. The first-order chi connectivity index (χ1) is 4.36. The fourth-order valence-electron chi connectivity index (χ4n) is 1.48. The van der Waals surface area contributed by atoms with E-state index in [-0.39, 0.29) is 12.1 Å². The predicted molar refractivity (Wildman–Crippen MR) is 30.9 cm³/mol. The summed E-state index contributed by atoms with van der Waals surface area (Å²) in [5.74, 6) is 0.448. The van der Waals surface area contributed by atoms with Crippen LogP contribution in [0.2, 0.25) is 0 Å². The van der Waals surface area contributed by atoms with Gasteiger partial charge in [0.1, 0.15) is 6.10 Å². The van der Waals surface area contributed by atoms with Gasteiger partial charge in [-0.1, -0.05) is 0 Å². The summed E-state index contributed by atoms with van der Waals surface area (Å²) in [6.07, 6.45) is 0.815. The SMILES string of the molecule is O=C1C[C@H]2CNC[C@H]2O1. The van der Waals surface area contributed by atoms with E-state index in [1.54, 1.807) is 0 Å². The topological polar surface area (TPSA) is 38.3 Å². The lowest BCUT2D eigenvalue weighted by atomic mass is 10.1. The number of carbonyl (C=O) groups is 1. The lowest BCUT2D eigenvalue weighted by molar-refractivity contribution is -0.141. The zero-order chi connectivity index (χ0) is 6.27. The number of hydrogen-bond donors (Lipinski definition) is 1. The highest BCUT2D eigenvalue weighted by molar-refractivity contribution is 5.72. The first-order valence-electron chi connectivity index (χ1n) is 3.26. The summed E-state index contributed by atoms with van der Waals surface area (Å²) in [6, 6.07) is 0. The highest BCUT2D eigenvalue weighted by Crippen LogP contribution is 2.24. The van der Waals surface area contributed by atoms with Crippen LogP contribution < -0.4 is 5.32 Å². The van der Waals surface area contributed by atoms with Crippen molar-refractivity contribution in [2.75, 3.05) is 13.1 Å². The minimum atomic E-state index is -0.0218. The van der Waals surface area contributed by atoms with Crippen LogP contribution in [0.1, 0.15) is 6.42 Å². The highest BCUT2D eigenvalue weighted by atomic mass is 16.6. The van der Waals surface area contributed by atoms with Crippen molar-refractivity contribution in [2.45, 2.75) is 12.5 Å². The Morgan fingerprint density at radius 2 is 2.44 bits per heavy atom. The van der Waals surface area contributed by atoms with Crippen molar-refractivity contribution in [3.05, 3.63) is 0 Å². The fourth-order valence-corrected chi connectivity index (χ4v) is 1.48. The standard InChI is InChI=1S/C6H9NO2/c8-6-1-4-2-7-3-5(4)9-6/h4-5,7H,1-3H2/t4-,5+/m0/s1. The second-order valence-electron chi connectivity index (χ2n) is 2.65. The molecule has 2 heterocycles. The second kappa shape index (κ2) is 1.70. The molecule has 1 N–H and O–H groups in total. The zero-order valence-corrected chi connectivity index (χ0v) is 5.09. The lowest BCUT2D eigenvalue weighted by Gasteiger charge is -2.02. The normalized spacial score (nSPS) is 40.7. The number of esters is 1. The van der Waals surface area contributed by atoms with Gasteiger partial charge >= 0.3 is 5.97 Å². The molecule has 0 aromatic carbocycles. The Labute approximate surface area is 53.4 Å². The van der Waals surface area contributed by atoms with Gasteiger partial charge in [0.25, 0.3) is 0 Å². The van der Waals surface area contributed by atoms with E-state index in [1.807, 2.05) is 0 Å². The van der Waals surface area contributed by atoms with Crippen molar-refractivity contribution < 1.29 is 9.53 Å². The molecule has 2 saturated heterocycles. The molecule has 9 heavy (non-hydrogen) atoms. The molecular weight excluding hydrogens is 118 g/mol. The molecule has 0 aromatic heterocycles. The van der Waals surface area contributed by atoms with Crippen LogP contribution in [-0.2, 0) is 9.53 Å². The van der Waals surface area contributed by atoms with E-state index >= 15 is 0 Å². The van der Waals surface area contributed by atoms with Crippen LogP contribution in [0.4, 0.5) is 0 Å². The van der Waals surface area contributed by atoms with Crippen molar-refractivity contribution in [3.8, 4) is 0 Å². The average Bonchev–Trinajstić information content (AvgIpc) is 2.22. The number of nitrogens with one attached hydrogen (secondary N) is 1. The number of ether oxygens (including phenoxy) is 1. The van der Waals surface area contributed by atoms with Crippen LogP contribution in [0.25, 0.3) is 0 Å². The number of fused-ring (bicyclic) bond motifs is 1. The third-order valence-corrected chi connectivity index (χ3v) is 1.99. The van der Waals surface area contributed by atoms with E-state index < -0.39 is 0 Å². The van der Waals surface area contributed by atoms with Gasteiger partial charge in [0.05, 0.1) is 6.42 Å². The van der Waals surface area contributed by atoms with Gasteiger partial charge in [0, 0.05) is 19.0 Å². The van der Waals surface area contributed by atoms with Gasteiger partial charge < -0.3 is 10.1 Å². The van der Waals surface area contributed by atoms with E-state index in [9.17, 15) is 4.79 Å². The van der Waals surface area contributed by atoms with Gasteiger partial charge in [0.15, 0.2) is 0 Å². The third-order valence-electron chi connectivity index (χ3n) is 1.99. The molecule has 3 heteroatoms. The van der Waals surface area contributed by atoms with E-state index in [0.29, 0.717) is 12.3 Å². The maximum absolute atomic E-state index is 10.6. The van der Waals surface area contributed by atoms with Gasteiger partial charge in [-0.05, 0) is 0 Å². The molecule has 2 aliphatic heterocycles. The summed E-state index contributed by atoms with van der Waals surface area (Å²) in [4.78, 5) is 10.6. The van der Waals surface area contributed by atoms with Crippen LogP contribution in [0, 0.1) is 5.92 Å². The molecule has 3 nitrogen and oxygen atoms in total. The van der Waals surface area contributed by atoms with Gasteiger partial charge in [-0.2, -0.15) is 0 Å². The fraction of sp³-hybridized carbons (Fsp3) is 0.833. The smallest absolute Gasteiger partial charge is 0.306 e. The molecule has 2 aliphatic rings. The van der Waals surface area contributed by atoms with Crippen molar-refractivity contribution in [2.24, 2.45) is 5.92 Å². The maximum Gasteiger partial charge on any atom is 0.306 e. The Hall–Kier alpha value is -0.570. The van der Waals surface area contributed by atoms with Crippen LogP contribution in [0.15, 0.2) is 0 Å². The molecule has 50 valence electrons. The first kappa shape index (κ1) is 5.23. The molecule has 0 aliphatic carbocycles. The Balaban J connectivity index is 2.09. The van der Waals surface area contributed by atoms with E-state index in [1.165, 1.54) is 0 Å². The van der Waals surface area contributed by atoms with Gasteiger partial charge in [-0.3, -0.25) is 4.79 Å². The van der Waals surface area contributed by atoms with Gasteiger partial charge in [0.2, 0.25) is 0 Å². The Morgan fingerprint density at radius 3 is 3.22 bits per heavy atom. The molecule has 0 spiro atoms. The van der Waals surface area contributed by atoms with Crippen LogP contribution in [-0.4, -0.2) is 25.2 Å². The largest absolute Gasteiger partial charge is 0.461 e. The van der Waals surface area contributed by atoms with E-state index in [0.717, 1.165) is 13.1 Å². The zero-order valence-electron chi connectivity index (χ0n) is 5.09. The van der Waals surface area contributed by atoms with Gasteiger partial charge in [-0.25, -0.2) is 0 Å². The molecule has 0 unspecified atom stereocenters. The van der Waals surface area contributed by atoms with Crippen LogP contribution >= 0.6 is 0 Å². The Kier molecular flexibility index (Phi) is 0.990. The molecule has 0 amide bonds. The minimum Gasteiger partial charge on any atom is -0.461 e. The summed E-state index contributed by atoms with van der Waals surface area (Å²) < 4.78 is 4.98. The predicted octanol–water partition coefficient (Wildman–Crippen LogP) is -0.479. The molecule has 0 bridgehead atoms. The molecule has 0 aromatic rings. The lowest BCUT2D eigenvalue weighted by Crippen LogP contribution is -2.16. The number of rotatable bonds is 0. The molecule has 2 atom stereocenters. The maximum atomic E-state index is 10.6. The second-order valence-corrected chi connectivity index (χ2v) is 2.65. The summed E-state index contributed by atoms with van der Waals surface area (Å²) >= 11 is 0.